The van der Waals surface area contributed by atoms with Gasteiger partial charge in [-0.1, -0.05) is 54.1 Å². The van der Waals surface area contributed by atoms with Crippen LogP contribution in [0, 0.1) is 0 Å². The van der Waals surface area contributed by atoms with Gasteiger partial charge in [0.1, 0.15) is 4.83 Å². The Hall–Kier alpha value is -2.96. The van der Waals surface area contributed by atoms with Gasteiger partial charge in [-0.2, -0.15) is 5.10 Å². The molecule has 0 saturated heterocycles. The van der Waals surface area contributed by atoms with Crippen LogP contribution in [-0.4, -0.2) is 15.8 Å². The van der Waals surface area contributed by atoms with Crippen LogP contribution >= 0.6 is 22.9 Å². The van der Waals surface area contributed by atoms with Crippen LogP contribution in [0.4, 0.5) is 5.95 Å². The first kappa shape index (κ1) is 19.0. The lowest BCUT2D eigenvalue weighted by atomic mass is 10.2. The number of thiophene rings is 1. The monoisotopic (exact) mass is 434 g/mol. The minimum atomic E-state index is -0.00699. The Morgan fingerprint density at radius 2 is 1.93 bits per heavy atom. The molecule has 5 nitrogen and oxygen atoms in total. The summed E-state index contributed by atoms with van der Waals surface area (Å²) in [6, 6.07) is 17.3. The fourth-order valence-electron chi connectivity index (χ4n) is 3.79. The highest BCUT2D eigenvalue weighted by molar-refractivity contribution is 7.18. The van der Waals surface area contributed by atoms with E-state index in [1.807, 2.05) is 54.6 Å². The Kier molecular flexibility index (Phi) is 5.11. The first-order chi connectivity index (χ1) is 14.7. The Labute approximate surface area is 182 Å². The summed E-state index contributed by atoms with van der Waals surface area (Å²) >= 11 is 7.57. The smallest absolute Gasteiger partial charge is 0.264 e. The zero-order chi connectivity index (χ0) is 20.5. The van der Waals surface area contributed by atoms with Crippen molar-refractivity contribution in [3.05, 3.63) is 91.5 Å². The molecule has 30 heavy (non-hydrogen) atoms. The fraction of sp³-hybridized carbons (Fsp3) is 0.174. The molecule has 2 heterocycles. The molecule has 0 bridgehead atoms. The van der Waals surface area contributed by atoms with Crippen LogP contribution in [-0.2, 0) is 19.4 Å². The number of hydrogen-bond donors (Lipinski definition) is 1. The molecule has 2 aromatic heterocycles. The second kappa shape index (κ2) is 8.05. The van der Waals surface area contributed by atoms with E-state index in [1.54, 1.807) is 22.1 Å². The highest BCUT2D eigenvalue weighted by Gasteiger charge is 2.23. The van der Waals surface area contributed by atoms with Crippen LogP contribution in [0.1, 0.15) is 28.0 Å². The Balaban J connectivity index is 1.56. The molecular weight excluding hydrogens is 416 g/mol. The number of halogens is 1. The van der Waals surface area contributed by atoms with Crippen molar-refractivity contribution in [3.8, 4) is 0 Å². The van der Waals surface area contributed by atoms with Gasteiger partial charge in [0.2, 0.25) is 5.95 Å². The van der Waals surface area contributed by atoms with E-state index in [0.717, 1.165) is 40.6 Å². The van der Waals surface area contributed by atoms with Crippen LogP contribution in [0.25, 0.3) is 10.2 Å². The third kappa shape index (κ3) is 3.64. The van der Waals surface area contributed by atoms with Gasteiger partial charge in [0, 0.05) is 9.90 Å². The number of hydrazone groups is 1. The number of aromatic nitrogens is 2. The molecule has 0 amide bonds. The van der Waals surface area contributed by atoms with E-state index in [9.17, 15) is 4.79 Å². The van der Waals surface area contributed by atoms with E-state index in [4.69, 9.17) is 16.6 Å². The Morgan fingerprint density at radius 1 is 1.13 bits per heavy atom. The third-order valence-corrected chi connectivity index (χ3v) is 6.69. The molecule has 0 atom stereocenters. The van der Waals surface area contributed by atoms with E-state index >= 15 is 0 Å². The second-order valence-corrected chi connectivity index (χ2v) is 8.79. The fourth-order valence-corrected chi connectivity index (χ4v) is 5.17. The molecule has 150 valence electrons. The molecule has 0 unspecified atom stereocenters. The van der Waals surface area contributed by atoms with Crippen LogP contribution in [0.15, 0.2) is 64.5 Å². The molecule has 5 rings (SSSR count). The molecule has 1 aliphatic rings. The summed E-state index contributed by atoms with van der Waals surface area (Å²) in [6.45, 7) is 0.437. The number of anilines is 1. The van der Waals surface area contributed by atoms with Crippen molar-refractivity contribution in [3.63, 3.8) is 0 Å². The first-order valence-electron chi connectivity index (χ1n) is 9.83. The average Bonchev–Trinajstić information content (AvgIpc) is 3.34. The van der Waals surface area contributed by atoms with E-state index < -0.39 is 0 Å². The van der Waals surface area contributed by atoms with Crippen LogP contribution in [0.5, 0.6) is 0 Å². The standard InChI is InChI=1S/C23H19ClN4OS/c24-17-11-9-15(10-12-17)13-25-27-23-26-21-20(18-7-4-8-19(18)30-21)22(29)28(23)14-16-5-2-1-3-6-16/h1-3,5-6,9-13H,4,7-8,14H2,(H,26,27)/b25-13-. The summed E-state index contributed by atoms with van der Waals surface area (Å²) in [5.74, 6) is 0.446. The Morgan fingerprint density at radius 3 is 2.73 bits per heavy atom. The van der Waals surface area contributed by atoms with Crippen molar-refractivity contribution in [1.82, 2.24) is 9.55 Å². The van der Waals surface area contributed by atoms with Gasteiger partial charge in [0.25, 0.3) is 5.56 Å². The zero-order valence-electron chi connectivity index (χ0n) is 16.1. The lowest BCUT2D eigenvalue weighted by Gasteiger charge is -2.12. The van der Waals surface area contributed by atoms with Gasteiger partial charge in [-0.3, -0.25) is 9.36 Å². The molecular formula is C23H19ClN4OS. The third-order valence-electron chi connectivity index (χ3n) is 5.26. The number of fused-ring (bicyclic) bond motifs is 3. The predicted molar refractivity (Wildman–Crippen MR) is 124 cm³/mol. The van der Waals surface area contributed by atoms with Crippen molar-refractivity contribution in [2.75, 3.05) is 5.43 Å². The summed E-state index contributed by atoms with van der Waals surface area (Å²) in [5.41, 5.74) is 6.11. The number of rotatable bonds is 5. The quantitative estimate of drug-likeness (QED) is 0.351. The largest absolute Gasteiger partial charge is 0.272 e. The second-order valence-electron chi connectivity index (χ2n) is 7.27. The molecule has 0 spiro atoms. The molecule has 0 saturated carbocycles. The number of nitrogens with one attached hydrogen (secondary N) is 1. The molecule has 1 N–H and O–H groups in total. The molecule has 0 fully saturated rings. The zero-order valence-corrected chi connectivity index (χ0v) is 17.7. The van der Waals surface area contributed by atoms with Gasteiger partial charge in [0.15, 0.2) is 0 Å². The molecule has 0 radical (unpaired) electrons. The van der Waals surface area contributed by atoms with Crippen molar-refractivity contribution >= 4 is 45.3 Å². The minimum Gasteiger partial charge on any atom is -0.272 e. The van der Waals surface area contributed by atoms with Crippen LogP contribution < -0.4 is 11.0 Å². The van der Waals surface area contributed by atoms with Gasteiger partial charge in [-0.15, -0.1) is 11.3 Å². The number of benzene rings is 2. The SMILES string of the molecule is O=c1c2c3c(sc2nc(N/N=C\c2ccc(Cl)cc2)n1Cc1ccccc1)CCC3. The maximum Gasteiger partial charge on any atom is 0.264 e. The van der Waals surface area contributed by atoms with Crippen molar-refractivity contribution in [2.45, 2.75) is 25.8 Å². The normalized spacial score (nSPS) is 13.2. The van der Waals surface area contributed by atoms with Gasteiger partial charge < -0.3 is 0 Å². The van der Waals surface area contributed by atoms with Gasteiger partial charge >= 0.3 is 0 Å². The van der Waals surface area contributed by atoms with Crippen LogP contribution in [0.2, 0.25) is 5.02 Å². The van der Waals surface area contributed by atoms with E-state index in [1.165, 1.54) is 10.4 Å². The first-order valence-corrected chi connectivity index (χ1v) is 11.0. The summed E-state index contributed by atoms with van der Waals surface area (Å²) in [6.07, 6.45) is 4.79. The van der Waals surface area contributed by atoms with Gasteiger partial charge in [-0.25, -0.2) is 10.4 Å². The summed E-state index contributed by atoms with van der Waals surface area (Å²) in [5, 5.41) is 5.77. The number of hydrogen-bond acceptors (Lipinski definition) is 5. The molecule has 1 aliphatic carbocycles. The molecule has 0 aliphatic heterocycles. The maximum atomic E-state index is 13.5. The molecule has 7 heteroatoms. The van der Waals surface area contributed by atoms with Crippen molar-refractivity contribution < 1.29 is 0 Å². The van der Waals surface area contributed by atoms with Crippen molar-refractivity contribution in [1.29, 1.82) is 0 Å². The summed E-state index contributed by atoms with van der Waals surface area (Å²) in [4.78, 5) is 20.3. The maximum absolute atomic E-state index is 13.5. The van der Waals surface area contributed by atoms with Gasteiger partial charge in [-0.05, 0) is 48.1 Å². The number of aryl methyl sites for hydroxylation is 2. The Bertz CT molecular complexity index is 1290. The lowest BCUT2D eigenvalue weighted by Crippen LogP contribution is -2.24. The highest BCUT2D eigenvalue weighted by atomic mass is 35.5. The highest BCUT2D eigenvalue weighted by Crippen LogP contribution is 2.35. The van der Waals surface area contributed by atoms with E-state index in [0.29, 0.717) is 17.5 Å². The summed E-state index contributed by atoms with van der Waals surface area (Å²) in [7, 11) is 0. The topological polar surface area (TPSA) is 59.3 Å². The van der Waals surface area contributed by atoms with E-state index in [2.05, 4.69) is 10.5 Å². The average molecular weight is 435 g/mol. The molecule has 4 aromatic rings. The van der Waals surface area contributed by atoms with E-state index in [-0.39, 0.29) is 5.56 Å². The number of nitrogens with zero attached hydrogens (tertiary/aromatic N) is 3. The molecule has 2 aromatic carbocycles. The lowest BCUT2D eigenvalue weighted by molar-refractivity contribution is 0.755. The van der Waals surface area contributed by atoms with Crippen molar-refractivity contribution in [2.24, 2.45) is 5.10 Å². The predicted octanol–water partition coefficient (Wildman–Crippen LogP) is 5.09. The van der Waals surface area contributed by atoms with Gasteiger partial charge in [0.05, 0.1) is 18.1 Å². The minimum absolute atomic E-state index is 0.00699. The summed E-state index contributed by atoms with van der Waals surface area (Å²) < 4.78 is 1.68. The van der Waals surface area contributed by atoms with Crippen LogP contribution in [0.3, 0.4) is 0 Å².